The van der Waals surface area contributed by atoms with E-state index in [4.69, 9.17) is 4.42 Å². The first-order valence-electron chi connectivity index (χ1n) is 17.3. The fourth-order valence-electron chi connectivity index (χ4n) is 9.30. The Labute approximate surface area is 298 Å². The summed E-state index contributed by atoms with van der Waals surface area (Å²) in [5.74, 6) is -0.607. The second-order valence-corrected chi connectivity index (χ2v) is 13.6. The van der Waals surface area contributed by atoms with Crippen molar-refractivity contribution >= 4 is 43.7 Å². The summed E-state index contributed by atoms with van der Waals surface area (Å²) < 4.78 is 8.56. The van der Waals surface area contributed by atoms with Gasteiger partial charge in [-0.05, 0) is 75.3 Å². The molecule has 3 aliphatic rings. The van der Waals surface area contributed by atoms with Gasteiger partial charge in [0.1, 0.15) is 17.2 Å². The molecule has 52 heavy (non-hydrogen) atoms. The number of furan rings is 1. The summed E-state index contributed by atoms with van der Waals surface area (Å²) in [7, 11) is 0. The van der Waals surface area contributed by atoms with Crippen LogP contribution in [-0.4, -0.2) is 4.57 Å². The number of para-hydroxylation sites is 3. The first kappa shape index (κ1) is 28.4. The van der Waals surface area contributed by atoms with Gasteiger partial charge in [0.2, 0.25) is 0 Å². The van der Waals surface area contributed by atoms with Crippen LogP contribution in [0.1, 0.15) is 61.9 Å². The summed E-state index contributed by atoms with van der Waals surface area (Å²) in [5.41, 5.74) is 13.8. The van der Waals surface area contributed by atoms with Crippen LogP contribution in [-0.2, 0) is 0 Å². The summed E-state index contributed by atoms with van der Waals surface area (Å²) in [4.78, 5) is 0. The minimum absolute atomic E-state index is 0.253. The number of rotatable bonds is 2. The minimum atomic E-state index is -0.354. The SMILES string of the molecule is N#Cc1cccc2c1C1c3ccccc3C2c2c(C#N)cc(-n3c4ccccc4c4cc(-c5cccc6c5oc5ccccc56)ccc43)c(C#N)c21. The Hall–Kier alpha value is -7.39. The zero-order valence-corrected chi connectivity index (χ0v) is 27.6. The monoisotopic (exact) mass is 660 g/mol. The Kier molecular flexibility index (Phi) is 5.64. The lowest BCUT2D eigenvalue weighted by molar-refractivity contribution is 0.670. The zero-order chi connectivity index (χ0) is 34.7. The van der Waals surface area contributed by atoms with E-state index in [1.165, 1.54) is 0 Å². The molecule has 238 valence electrons. The largest absolute Gasteiger partial charge is 0.455 e. The quantitative estimate of drug-likeness (QED) is 0.185. The maximum absolute atomic E-state index is 11.2. The maximum Gasteiger partial charge on any atom is 0.143 e. The molecular weight excluding hydrogens is 637 g/mol. The zero-order valence-electron chi connectivity index (χ0n) is 27.6. The summed E-state index contributed by atoms with van der Waals surface area (Å²) in [6.07, 6.45) is 0. The molecule has 2 unspecified atom stereocenters. The predicted octanol–water partition coefficient (Wildman–Crippen LogP) is 11.0. The molecule has 12 rings (SSSR count). The highest BCUT2D eigenvalue weighted by Crippen LogP contribution is 2.59. The van der Waals surface area contributed by atoms with Crippen molar-refractivity contribution in [3.05, 3.63) is 184 Å². The second-order valence-electron chi connectivity index (χ2n) is 13.6. The highest BCUT2D eigenvalue weighted by Gasteiger charge is 2.46. The average molecular weight is 661 g/mol. The molecule has 3 aliphatic carbocycles. The molecule has 2 bridgehead atoms. The first-order chi connectivity index (χ1) is 25.7. The van der Waals surface area contributed by atoms with E-state index in [1.54, 1.807) is 0 Å². The molecule has 2 atom stereocenters. The topological polar surface area (TPSA) is 89.4 Å². The van der Waals surface area contributed by atoms with E-state index < -0.39 is 0 Å². The Morgan fingerprint density at radius 1 is 0.500 bits per heavy atom. The molecule has 0 saturated heterocycles. The van der Waals surface area contributed by atoms with Crippen molar-refractivity contribution in [1.29, 1.82) is 15.8 Å². The van der Waals surface area contributed by atoms with Gasteiger partial charge in [-0.1, -0.05) is 97.1 Å². The Morgan fingerprint density at radius 3 is 2.02 bits per heavy atom. The number of hydrogen-bond acceptors (Lipinski definition) is 4. The van der Waals surface area contributed by atoms with Gasteiger partial charge in [0, 0.05) is 38.9 Å². The van der Waals surface area contributed by atoms with Gasteiger partial charge in [0.25, 0.3) is 0 Å². The van der Waals surface area contributed by atoms with Crippen LogP contribution >= 0.6 is 0 Å². The van der Waals surface area contributed by atoms with Gasteiger partial charge >= 0.3 is 0 Å². The third-order valence-electron chi connectivity index (χ3n) is 11.3. The van der Waals surface area contributed by atoms with Crippen LogP contribution in [0.5, 0.6) is 0 Å². The van der Waals surface area contributed by atoms with Crippen molar-refractivity contribution in [3.63, 3.8) is 0 Å². The third-order valence-corrected chi connectivity index (χ3v) is 11.3. The van der Waals surface area contributed by atoms with Crippen LogP contribution in [0.4, 0.5) is 0 Å². The molecule has 5 heteroatoms. The summed E-state index contributed by atoms with van der Waals surface area (Å²) >= 11 is 0. The van der Waals surface area contributed by atoms with Crippen LogP contribution in [0.25, 0.3) is 60.6 Å². The molecule has 0 fully saturated rings. The van der Waals surface area contributed by atoms with Gasteiger partial charge in [-0.25, -0.2) is 0 Å². The highest BCUT2D eigenvalue weighted by atomic mass is 16.3. The molecule has 9 aromatic rings. The Bertz CT molecular complexity index is 3190. The smallest absolute Gasteiger partial charge is 0.143 e. The molecule has 2 aromatic heterocycles. The van der Waals surface area contributed by atoms with E-state index in [1.807, 2.05) is 60.7 Å². The lowest BCUT2D eigenvalue weighted by Crippen LogP contribution is -2.30. The summed E-state index contributed by atoms with van der Waals surface area (Å²) in [6, 6.07) is 52.7. The molecule has 0 N–H and O–H groups in total. The van der Waals surface area contributed by atoms with E-state index >= 15 is 0 Å². The number of hydrogen-bond donors (Lipinski definition) is 0. The fourth-order valence-corrected chi connectivity index (χ4v) is 9.30. The van der Waals surface area contributed by atoms with Crippen molar-refractivity contribution in [2.75, 3.05) is 0 Å². The number of fused-ring (bicyclic) bond motifs is 6. The van der Waals surface area contributed by atoms with Gasteiger partial charge in [-0.15, -0.1) is 0 Å². The molecule has 2 heterocycles. The summed E-state index contributed by atoms with van der Waals surface area (Å²) in [5, 5.41) is 36.5. The molecule has 0 amide bonds. The standard InChI is InChI=1S/C47H24N4O/c48-23-27-9-7-16-35-42(27)45-33-13-2-1-12-32(33)44(35)43-28(24-49)22-40(37(25-50)46(43)45)51-38-17-5-3-10-30(38)36-21-26(19-20-39(36)51)29-14-8-15-34-31-11-4-6-18-41(31)52-47(29)34/h1-22,44-45H. The number of aromatic nitrogens is 1. The van der Waals surface area contributed by atoms with E-state index in [-0.39, 0.29) is 11.8 Å². The van der Waals surface area contributed by atoms with Gasteiger partial charge < -0.3 is 8.98 Å². The Morgan fingerprint density at radius 2 is 1.19 bits per heavy atom. The van der Waals surface area contributed by atoms with Gasteiger partial charge in [-0.3, -0.25) is 0 Å². The summed E-state index contributed by atoms with van der Waals surface area (Å²) in [6.45, 7) is 0. The maximum atomic E-state index is 11.2. The van der Waals surface area contributed by atoms with Crippen LogP contribution in [0.2, 0.25) is 0 Å². The van der Waals surface area contributed by atoms with Gasteiger partial charge in [-0.2, -0.15) is 15.8 Å². The van der Waals surface area contributed by atoms with Crippen molar-refractivity contribution in [2.45, 2.75) is 11.8 Å². The molecular formula is C47H24N4O. The normalized spacial score (nSPS) is 15.2. The van der Waals surface area contributed by atoms with Crippen LogP contribution in [0, 0.1) is 34.0 Å². The highest BCUT2D eigenvalue weighted by molar-refractivity contribution is 6.13. The molecule has 0 aliphatic heterocycles. The average Bonchev–Trinajstić information content (AvgIpc) is 3.75. The Balaban J connectivity index is 1.20. The first-order valence-corrected chi connectivity index (χ1v) is 17.3. The van der Waals surface area contributed by atoms with Gasteiger partial charge in [0.15, 0.2) is 0 Å². The number of benzene rings is 7. The molecule has 0 saturated carbocycles. The lowest BCUT2D eigenvalue weighted by Gasteiger charge is -2.43. The van der Waals surface area contributed by atoms with Crippen LogP contribution in [0.3, 0.4) is 0 Å². The van der Waals surface area contributed by atoms with Gasteiger partial charge in [0.05, 0.1) is 45.5 Å². The fraction of sp³-hybridized carbons (Fsp3) is 0.0426. The second kappa shape index (κ2) is 10.3. The van der Waals surface area contributed by atoms with E-state index in [0.717, 1.165) is 88.3 Å². The van der Waals surface area contributed by atoms with Crippen LogP contribution in [0.15, 0.2) is 138 Å². The molecule has 5 nitrogen and oxygen atoms in total. The number of nitriles is 3. The number of nitrogens with zero attached hydrogens (tertiary/aromatic N) is 4. The van der Waals surface area contributed by atoms with Crippen LogP contribution < -0.4 is 0 Å². The third kappa shape index (κ3) is 3.53. The molecule has 0 spiro atoms. The van der Waals surface area contributed by atoms with E-state index in [2.05, 4.69) is 95.6 Å². The van der Waals surface area contributed by atoms with Crippen molar-refractivity contribution in [2.24, 2.45) is 0 Å². The molecule has 0 radical (unpaired) electrons. The lowest BCUT2D eigenvalue weighted by atomic mass is 9.58. The van der Waals surface area contributed by atoms with Crippen molar-refractivity contribution in [3.8, 4) is 35.0 Å². The van der Waals surface area contributed by atoms with Crippen molar-refractivity contribution in [1.82, 2.24) is 4.57 Å². The van der Waals surface area contributed by atoms with E-state index in [0.29, 0.717) is 22.4 Å². The van der Waals surface area contributed by atoms with Crippen molar-refractivity contribution < 1.29 is 4.42 Å². The minimum Gasteiger partial charge on any atom is -0.455 e. The predicted molar refractivity (Wildman–Crippen MR) is 202 cm³/mol. The van der Waals surface area contributed by atoms with E-state index in [9.17, 15) is 15.8 Å². The molecule has 7 aromatic carbocycles.